The van der Waals surface area contributed by atoms with Crippen LogP contribution in [0.15, 0.2) is 30.5 Å². The highest BCUT2D eigenvalue weighted by atomic mass is 35.5. The first kappa shape index (κ1) is 16.6. The standard InChI is InChI=1S/C17H20ClNO3/c1-3-4-6-11(2)16(17(20)21)22-14-9-8-13(18)12-7-5-10-19-15(12)14/h5,7-11,16H,3-4,6H2,1-2H3,(H,20,21). The van der Waals surface area contributed by atoms with Gasteiger partial charge in [0.25, 0.3) is 0 Å². The highest BCUT2D eigenvalue weighted by Crippen LogP contribution is 2.31. The molecule has 0 saturated carbocycles. The molecule has 1 heterocycles. The Bertz CT molecular complexity index is 659. The number of pyridine rings is 1. The number of aliphatic carboxylic acids is 1. The highest BCUT2D eigenvalue weighted by Gasteiger charge is 2.27. The molecule has 0 aliphatic heterocycles. The van der Waals surface area contributed by atoms with Gasteiger partial charge < -0.3 is 9.84 Å². The zero-order valence-electron chi connectivity index (χ0n) is 12.8. The van der Waals surface area contributed by atoms with Gasteiger partial charge in [0, 0.05) is 17.5 Å². The van der Waals surface area contributed by atoms with Crippen LogP contribution in [0, 0.1) is 5.92 Å². The molecule has 2 atom stereocenters. The summed E-state index contributed by atoms with van der Waals surface area (Å²) >= 11 is 6.15. The summed E-state index contributed by atoms with van der Waals surface area (Å²) in [4.78, 5) is 15.8. The first-order valence-corrected chi connectivity index (χ1v) is 7.85. The van der Waals surface area contributed by atoms with Gasteiger partial charge in [0.15, 0.2) is 6.10 Å². The van der Waals surface area contributed by atoms with Gasteiger partial charge >= 0.3 is 5.97 Å². The number of rotatable bonds is 7. The van der Waals surface area contributed by atoms with E-state index in [0.29, 0.717) is 16.3 Å². The molecule has 2 unspecified atom stereocenters. The number of benzene rings is 1. The van der Waals surface area contributed by atoms with E-state index in [1.54, 1.807) is 24.4 Å². The van der Waals surface area contributed by atoms with Gasteiger partial charge in [-0.15, -0.1) is 0 Å². The number of hydrogen-bond acceptors (Lipinski definition) is 3. The molecule has 5 heteroatoms. The second kappa shape index (κ2) is 7.45. The molecule has 0 saturated heterocycles. The molecule has 0 bridgehead atoms. The molecule has 1 aromatic carbocycles. The molecule has 1 N–H and O–H groups in total. The normalized spacial score (nSPS) is 13.8. The number of aromatic nitrogens is 1. The molecule has 0 aliphatic rings. The topological polar surface area (TPSA) is 59.4 Å². The van der Waals surface area contributed by atoms with E-state index in [9.17, 15) is 9.90 Å². The molecular formula is C17H20ClNO3. The van der Waals surface area contributed by atoms with Crippen molar-refractivity contribution in [2.45, 2.75) is 39.2 Å². The second-order valence-electron chi connectivity index (χ2n) is 5.44. The summed E-state index contributed by atoms with van der Waals surface area (Å²) in [6, 6.07) is 7.01. The molecule has 0 amide bonds. The summed E-state index contributed by atoms with van der Waals surface area (Å²) in [7, 11) is 0. The number of carboxylic acids is 1. The summed E-state index contributed by atoms with van der Waals surface area (Å²) in [5.74, 6) is -0.578. The Morgan fingerprint density at radius 3 is 2.86 bits per heavy atom. The predicted molar refractivity (Wildman–Crippen MR) is 87.5 cm³/mol. The SMILES string of the molecule is CCCCC(C)C(Oc1ccc(Cl)c2cccnc12)C(=O)O. The van der Waals surface area contributed by atoms with E-state index in [1.165, 1.54) is 0 Å². The molecule has 0 fully saturated rings. The summed E-state index contributed by atoms with van der Waals surface area (Å²) < 4.78 is 5.78. The van der Waals surface area contributed by atoms with Crippen molar-refractivity contribution in [2.75, 3.05) is 0 Å². The van der Waals surface area contributed by atoms with Gasteiger partial charge in [0.2, 0.25) is 0 Å². The largest absolute Gasteiger partial charge is 0.478 e. The molecule has 2 rings (SSSR count). The molecule has 2 aromatic rings. The zero-order chi connectivity index (χ0) is 16.1. The number of hydrogen-bond donors (Lipinski definition) is 1. The second-order valence-corrected chi connectivity index (χ2v) is 5.85. The molecule has 22 heavy (non-hydrogen) atoms. The Morgan fingerprint density at radius 2 is 2.18 bits per heavy atom. The van der Waals surface area contributed by atoms with Crippen LogP contribution in [-0.4, -0.2) is 22.2 Å². The minimum Gasteiger partial charge on any atom is -0.478 e. The van der Waals surface area contributed by atoms with Crippen LogP contribution >= 0.6 is 11.6 Å². The maximum absolute atomic E-state index is 11.5. The third-order valence-corrected chi connectivity index (χ3v) is 4.04. The number of unbranched alkanes of at least 4 members (excludes halogenated alkanes) is 1. The molecule has 0 spiro atoms. The number of carboxylic acid groups (broad SMARTS) is 1. The van der Waals surface area contributed by atoms with Crippen molar-refractivity contribution in [3.8, 4) is 5.75 Å². The van der Waals surface area contributed by atoms with E-state index in [-0.39, 0.29) is 5.92 Å². The van der Waals surface area contributed by atoms with Crippen LogP contribution in [-0.2, 0) is 4.79 Å². The van der Waals surface area contributed by atoms with E-state index >= 15 is 0 Å². The fourth-order valence-corrected chi connectivity index (χ4v) is 2.65. The van der Waals surface area contributed by atoms with E-state index < -0.39 is 12.1 Å². The minimum absolute atomic E-state index is 0.0770. The van der Waals surface area contributed by atoms with Gasteiger partial charge in [-0.2, -0.15) is 0 Å². The fraction of sp³-hybridized carbons (Fsp3) is 0.412. The molecule has 1 aromatic heterocycles. The molecule has 118 valence electrons. The van der Waals surface area contributed by atoms with Gasteiger partial charge in [0.05, 0.1) is 5.02 Å². The Kier molecular flexibility index (Phi) is 5.61. The van der Waals surface area contributed by atoms with Crippen molar-refractivity contribution in [3.63, 3.8) is 0 Å². The third kappa shape index (κ3) is 3.69. The van der Waals surface area contributed by atoms with E-state index in [4.69, 9.17) is 16.3 Å². The number of halogens is 1. The van der Waals surface area contributed by atoms with Crippen molar-refractivity contribution in [1.29, 1.82) is 0 Å². The predicted octanol–water partition coefficient (Wildman–Crippen LogP) is 4.55. The Balaban J connectivity index is 2.31. The van der Waals surface area contributed by atoms with E-state index in [1.807, 2.05) is 13.0 Å². The first-order valence-electron chi connectivity index (χ1n) is 7.47. The Morgan fingerprint density at radius 1 is 1.41 bits per heavy atom. The molecule has 0 aliphatic carbocycles. The Labute approximate surface area is 135 Å². The van der Waals surface area contributed by atoms with Gasteiger partial charge in [-0.1, -0.05) is 38.3 Å². The highest BCUT2D eigenvalue weighted by molar-refractivity contribution is 6.35. The fourth-order valence-electron chi connectivity index (χ4n) is 2.43. The average Bonchev–Trinajstić information content (AvgIpc) is 2.52. The summed E-state index contributed by atoms with van der Waals surface area (Å²) in [6.45, 7) is 3.99. The maximum atomic E-state index is 11.5. The van der Waals surface area contributed by atoms with E-state index in [0.717, 1.165) is 24.6 Å². The van der Waals surface area contributed by atoms with Gasteiger partial charge in [-0.3, -0.25) is 4.98 Å². The number of fused-ring (bicyclic) bond motifs is 1. The summed E-state index contributed by atoms with van der Waals surface area (Å²) in [6.07, 6.45) is 3.57. The number of nitrogens with zero attached hydrogens (tertiary/aromatic N) is 1. The van der Waals surface area contributed by atoms with Crippen LogP contribution in [0.4, 0.5) is 0 Å². The summed E-state index contributed by atoms with van der Waals surface area (Å²) in [5.41, 5.74) is 0.587. The first-order chi connectivity index (χ1) is 10.5. The molecule has 0 radical (unpaired) electrons. The van der Waals surface area contributed by atoms with Crippen molar-refractivity contribution < 1.29 is 14.6 Å². The lowest BCUT2D eigenvalue weighted by Crippen LogP contribution is -2.33. The zero-order valence-corrected chi connectivity index (χ0v) is 13.5. The lowest BCUT2D eigenvalue weighted by Gasteiger charge is -2.22. The van der Waals surface area contributed by atoms with Gasteiger partial charge in [-0.25, -0.2) is 4.79 Å². The van der Waals surface area contributed by atoms with Gasteiger partial charge in [0.1, 0.15) is 11.3 Å². The lowest BCUT2D eigenvalue weighted by atomic mass is 9.98. The smallest absolute Gasteiger partial charge is 0.345 e. The van der Waals surface area contributed by atoms with Crippen molar-refractivity contribution in [1.82, 2.24) is 4.98 Å². The minimum atomic E-state index is -0.956. The third-order valence-electron chi connectivity index (χ3n) is 3.71. The van der Waals surface area contributed by atoms with Crippen molar-refractivity contribution in [3.05, 3.63) is 35.5 Å². The summed E-state index contributed by atoms with van der Waals surface area (Å²) in [5, 5.41) is 10.8. The van der Waals surface area contributed by atoms with Crippen LogP contribution in [0.1, 0.15) is 33.1 Å². The van der Waals surface area contributed by atoms with Gasteiger partial charge in [-0.05, 0) is 30.7 Å². The van der Waals surface area contributed by atoms with E-state index in [2.05, 4.69) is 11.9 Å². The lowest BCUT2D eigenvalue weighted by molar-refractivity contribution is -0.147. The van der Waals surface area contributed by atoms with Crippen LogP contribution in [0.5, 0.6) is 5.75 Å². The molecular weight excluding hydrogens is 302 g/mol. The van der Waals surface area contributed by atoms with Crippen LogP contribution < -0.4 is 4.74 Å². The van der Waals surface area contributed by atoms with Crippen LogP contribution in [0.3, 0.4) is 0 Å². The van der Waals surface area contributed by atoms with Crippen LogP contribution in [0.2, 0.25) is 5.02 Å². The Hall–Kier alpha value is -1.81. The number of ether oxygens (including phenoxy) is 1. The van der Waals surface area contributed by atoms with Crippen molar-refractivity contribution in [2.24, 2.45) is 5.92 Å². The monoisotopic (exact) mass is 321 g/mol. The van der Waals surface area contributed by atoms with Crippen molar-refractivity contribution >= 4 is 28.5 Å². The average molecular weight is 322 g/mol. The van der Waals surface area contributed by atoms with Crippen LogP contribution in [0.25, 0.3) is 10.9 Å². The maximum Gasteiger partial charge on any atom is 0.345 e. The quantitative estimate of drug-likeness (QED) is 0.813. The molecule has 4 nitrogen and oxygen atoms in total. The number of carbonyl (C=O) groups is 1.